The van der Waals surface area contributed by atoms with Crippen LogP contribution in [0.2, 0.25) is 5.15 Å². The normalized spacial score (nSPS) is 13.8. The van der Waals surface area contributed by atoms with E-state index in [9.17, 15) is 15.2 Å². The van der Waals surface area contributed by atoms with E-state index < -0.39 is 5.97 Å². The first-order valence-electron chi connectivity index (χ1n) is 11.0. The van der Waals surface area contributed by atoms with E-state index in [2.05, 4.69) is 26.5 Å². The van der Waals surface area contributed by atoms with Gasteiger partial charge in [-0.25, -0.2) is 19.7 Å². The molecule has 0 saturated carbocycles. The van der Waals surface area contributed by atoms with Crippen LogP contribution in [-0.4, -0.2) is 42.4 Å². The lowest BCUT2D eigenvalue weighted by molar-refractivity contribution is 0.0691. The Labute approximate surface area is 205 Å². The van der Waals surface area contributed by atoms with Crippen LogP contribution < -0.4 is 10.2 Å². The maximum absolute atomic E-state index is 11.7. The Hall–Kier alpha value is -4.23. The van der Waals surface area contributed by atoms with Crippen LogP contribution in [0.15, 0.2) is 36.5 Å². The fourth-order valence-corrected chi connectivity index (χ4v) is 4.49. The third-order valence-corrected chi connectivity index (χ3v) is 6.18. The number of hydrogen-bond acceptors (Lipinski definition) is 8. The van der Waals surface area contributed by atoms with Crippen molar-refractivity contribution in [3.8, 4) is 6.07 Å². The summed E-state index contributed by atoms with van der Waals surface area (Å²) in [6, 6.07) is 10.8. The molecule has 5 rings (SSSR count). The topological polar surface area (TPSA) is 133 Å². The van der Waals surface area contributed by atoms with Gasteiger partial charge >= 0.3 is 5.97 Å². The van der Waals surface area contributed by atoms with Crippen LogP contribution in [-0.2, 0) is 13.1 Å². The maximum atomic E-state index is 11.7. The number of nitriles is 1. The molecule has 0 unspecified atom stereocenters. The predicted molar refractivity (Wildman–Crippen MR) is 131 cm³/mol. The van der Waals surface area contributed by atoms with Crippen molar-refractivity contribution in [1.29, 1.82) is 5.26 Å². The minimum absolute atomic E-state index is 0.101. The summed E-state index contributed by atoms with van der Waals surface area (Å²) < 4.78 is 1.94. The van der Waals surface area contributed by atoms with Crippen molar-refractivity contribution in [1.82, 2.24) is 24.7 Å². The van der Waals surface area contributed by atoms with Crippen LogP contribution in [0.3, 0.4) is 0 Å². The average Bonchev–Trinajstić information content (AvgIpc) is 3.31. The second kappa shape index (κ2) is 8.85. The Bertz CT molecular complexity index is 1510. The van der Waals surface area contributed by atoms with Crippen LogP contribution in [0.4, 0.5) is 11.5 Å². The van der Waals surface area contributed by atoms with Gasteiger partial charge in [-0.3, -0.25) is 4.68 Å². The van der Waals surface area contributed by atoms with Crippen LogP contribution >= 0.6 is 11.6 Å². The maximum Gasteiger partial charge on any atom is 0.356 e. The molecule has 1 atom stereocenters. The van der Waals surface area contributed by atoms with Gasteiger partial charge in [0.2, 0.25) is 0 Å². The summed E-state index contributed by atoms with van der Waals surface area (Å²) in [7, 11) is 0. The molecule has 35 heavy (non-hydrogen) atoms. The highest BCUT2D eigenvalue weighted by Crippen LogP contribution is 2.31. The summed E-state index contributed by atoms with van der Waals surface area (Å²) in [5, 5.41) is 27.0. The van der Waals surface area contributed by atoms with E-state index in [4.69, 9.17) is 16.6 Å². The first-order chi connectivity index (χ1) is 16.8. The summed E-state index contributed by atoms with van der Waals surface area (Å²) >= 11 is 5.90. The van der Waals surface area contributed by atoms with E-state index in [-0.39, 0.29) is 22.6 Å². The van der Waals surface area contributed by atoms with Gasteiger partial charge in [0.05, 0.1) is 41.5 Å². The average molecular weight is 489 g/mol. The molecule has 10 nitrogen and oxygen atoms in total. The lowest BCUT2D eigenvalue weighted by atomic mass is 10.0. The Morgan fingerprint density at radius 2 is 2.06 bits per heavy atom. The molecule has 4 heterocycles. The molecule has 0 amide bonds. The number of aryl methyl sites for hydroxylation is 1. The summed E-state index contributed by atoms with van der Waals surface area (Å²) in [5.74, 6) is -0.662. The van der Waals surface area contributed by atoms with E-state index in [1.165, 1.54) is 6.07 Å². The first kappa shape index (κ1) is 22.6. The molecule has 2 N–H and O–H groups in total. The minimum atomic E-state index is -1.18. The van der Waals surface area contributed by atoms with Crippen molar-refractivity contribution in [2.75, 3.05) is 16.8 Å². The van der Waals surface area contributed by atoms with Crippen LogP contribution in [0.1, 0.15) is 46.0 Å². The number of carboxylic acids is 1. The zero-order valence-electron chi connectivity index (χ0n) is 19.0. The largest absolute Gasteiger partial charge is 0.476 e. The number of nitrogens with zero attached hydrogens (tertiary/aromatic N) is 7. The van der Waals surface area contributed by atoms with Gasteiger partial charge < -0.3 is 15.3 Å². The van der Waals surface area contributed by atoms with Crippen molar-refractivity contribution in [2.24, 2.45) is 0 Å². The van der Waals surface area contributed by atoms with Crippen LogP contribution in [0.25, 0.3) is 11.0 Å². The number of nitrogens with one attached hydrogen (secondary N) is 1. The van der Waals surface area contributed by atoms with Crippen molar-refractivity contribution in [2.45, 2.75) is 33.0 Å². The molecule has 4 aromatic rings. The van der Waals surface area contributed by atoms with Gasteiger partial charge in [0.1, 0.15) is 11.2 Å². The van der Waals surface area contributed by atoms with Gasteiger partial charge in [-0.15, -0.1) is 0 Å². The van der Waals surface area contributed by atoms with Gasteiger partial charge in [0.15, 0.2) is 17.2 Å². The molecule has 176 valence electrons. The van der Waals surface area contributed by atoms with Crippen molar-refractivity contribution < 1.29 is 9.90 Å². The predicted octanol–water partition coefficient (Wildman–Crippen LogP) is 3.95. The van der Waals surface area contributed by atoms with E-state index in [0.717, 1.165) is 16.8 Å². The highest BCUT2D eigenvalue weighted by molar-refractivity contribution is 6.29. The summed E-state index contributed by atoms with van der Waals surface area (Å²) in [5.41, 5.74) is 4.50. The molecule has 0 bridgehead atoms. The standard InChI is InChI=1S/C24H21ClN8O2/c1-13-9-16(14(2)28-17-3-4-20(25)30-22(17)24(34)35)21-18(10-13)29-19(11-26)23(31-21)32-7-8-33-15(12-32)5-6-27-33/h3-6,9-10,14,28H,7-8,12H2,1-2H3,(H,34,35)/t14-/m1/s1. The molecule has 1 aliphatic heterocycles. The Morgan fingerprint density at radius 1 is 1.23 bits per heavy atom. The van der Waals surface area contributed by atoms with Gasteiger partial charge in [0, 0.05) is 18.3 Å². The molecule has 0 aliphatic carbocycles. The number of aromatic carboxylic acids is 1. The van der Waals surface area contributed by atoms with Gasteiger partial charge in [-0.2, -0.15) is 10.4 Å². The number of anilines is 2. The number of benzene rings is 1. The Balaban J connectivity index is 1.58. The first-order valence-corrected chi connectivity index (χ1v) is 11.4. The van der Waals surface area contributed by atoms with Crippen molar-refractivity contribution in [3.63, 3.8) is 0 Å². The number of hydrogen-bond donors (Lipinski definition) is 2. The SMILES string of the molecule is Cc1cc([C@@H](C)Nc2ccc(Cl)nc2C(=O)O)c2nc(N3CCn4nccc4C3)c(C#N)nc2c1. The fraction of sp³-hybridized carbons (Fsp3) is 0.250. The molecule has 0 spiro atoms. The van der Waals surface area contributed by atoms with E-state index >= 15 is 0 Å². The zero-order chi connectivity index (χ0) is 24.7. The van der Waals surface area contributed by atoms with Gasteiger partial charge in [-0.05, 0) is 43.7 Å². The quantitative estimate of drug-likeness (QED) is 0.400. The van der Waals surface area contributed by atoms with Crippen molar-refractivity contribution in [3.05, 3.63) is 69.9 Å². The lowest BCUT2D eigenvalue weighted by Crippen LogP contribution is -2.35. The van der Waals surface area contributed by atoms with Crippen molar-refractivity contribution >= 4 is 40.1 Å². The monoisotopic (exact) mass is 488 g/mol. The van der Waals surface area contributed by atoms with Crippen LogP contribution in [0, 0.1) is 18.3 Å². The second-order valence-corrected chi connectivity index (χ2v) is 8.79. The minimum Gasteiger partial charge on any atom is -0.476 e. The van der Waals surface area contributed by atoms with E-state index in [0.29, 0.717) is 42.2 Å². The van der Waals surface area contributed by atoms with E-state index in [1.54, 1.807) is 12.3 Å². The number of halogens is 1. The molecule has 0 fully saturated rings. The second-order valence-electron chi connectivity index (χ2n) is 8.40. The molecule has 3 aromatic heterocycles. The Morgan fingerprint density at radius 3 is 2.83 bits per heavy atom. The van der Waals surface area contributed by atoms with Gasteiger partial charge in [0.25, 0.3) is 0 Å². The molecule has 1 aromatic carbocycles. The third-order valence-electron chi connectivity index (χ3n) is 5.97. The fourth-order valence-electron chi connectivity index (χ4n) is 4.34. The molecular formula is C24H21ClN8O2. The smallest absolute Gasteiger partial charge is 0.356 e. The van der Waals surface area contributed by atoms with Gasteiger partial charge in [-0.1, -0.05) is 17.7 Å². The number of rotatable bonds is 5. The third kappa shape index (κ3) is 4.22. The highest BCUT2D eigenvalue weighted by atomic mass is 35.5. The highest BCUT2D eigenvalue weighted by Gasteiger charge is 2.24. The molecule has 0 radical (unpaired) electrons. The zero-order valence-corrected chi connectivity index (χ0v) is 19.8. The molecular weight excluding hydrogens is 468 g/mol. The summed E-state index contributed by atoms with van der Waals surface area (Å²) in [4.78, 5) is 27.2. The number of carboxylic acid groups (broad SMARTS) is 1. The molecule has 0 saturated heterocycles. The Kier molecular flexibility index (Phi) is 5.70. The van der Waals surface area contributed by atoms with Crippen LogP contribution in [0.5, 0.6) is 0 Å². The summed E-state index contributed by atoms with van der Waals surface area (Å²) in [6.07, 6.45) is 1.77. The summed E-state index contributed by atoms with van der Waals surface area (Å²) in [6.45, 7) is 5.76. The number of aromatic nitrogens is 5. The number of fused-ring (bicyclic) bond motifs is 2. The number of carbonyl (C=O) groups is 1. The molecule has 11 heteroatoms. The lowest BCUT2D eigenvalue weighted by Gasteiger charge is -2.29. The molecule has 1 aliphatic rings. The number of pyridine rings is 1. The van der Waals surface area contributed by atoms with E-state index in [1.807, 2.05) is 41.6 Å².